The van der Waals surface area contributed by atoms with Gasteiger partial charge in [0, 0.05) is 17.2 Å². The molecule has 2 aromatic rings. The normalized spacial score (nSPS) is 10.6. The number of nitrogens with zero attached hydrogens (tertiary/aromatic N) is 2. The van der Waals surface area contributed by atoms with Gasteiger partial charge in [-0.15, -0.1) is 0 Å². The van der Waals surface area contributed by atoms with Gasteiger partial charge in [0.05, 0.1) is 24.4 Å². The van der Waals surface area contributed by atoms with E-state index in [2.05, 4.69) is 10.5 Å². The number of hydrogen-bond donors (Lipinski definition) is 1. The number of hydrogen-bond acceptors (Lipinski definition) is 6. The second kappa shape index (κ2) is 10.7. The molecule has 0 heterocycles. The van der Waals surface area contributed by atoms with Crippen molar-refractivity contribution >= 4 is 17.8 Å². The summed E-state index contributed by atoms with van der Waals surface area (Å²) in [6, 6.07) is 11.2. The molecule has 0 saturated heterocycles. The summed E-state index contributed by atoms with van der Waals surface area (Å²) >= 11 is 0. The molecule has 0 saturated carbocycles. The molecule has 0 aliphatic heterocycles. The fraction of sp³-hybridized carbons (Fsp3) is 0.300. The van der Waals surface area contributed by atoms with Crippen molar-refractivity contribution in [3.05, 3.63) is 63.7 Å². The molecule has 0 aromatic heterocycles. The van der Waals surface area contributed by atoms with Crippen molar-refractivity contribution in [2.75, 3.05) is 13.2 Å². The SMILES string of the molecule is CCCOc1ccc(C(=O)N/N=C/c2ccc(OCCC)c([N+](=O)[O-])c2)cc1. The zero-order chi connectivity index (χ0) is 20.4. The van der Waals surface area contributed by atoms with Crippen molar-refractivity contribution in [2.24, 2.45) is 5.10 Å². The topological polar surface area (TPSA) is 103 Å². The van der Waals surface area contributed by atoms with Crippen molar-refractivity contribution in [2.45, 2.75) is 26.7 Å². The zero-order valence-electron chi connectivity index (χ0n) is 15.9. The van der Waals surface area contributed by atoms with Crippen molar-refractivity contribution < 1.29 is 19.2 Å². The van der Waals surface area contributed by atoms with Crippen LogP contribution in [0.5, 0.6) is 11.5 Å². The first-order chi connectivity index (χ1) is 13.5. The van der Waals surface area contributed by atoms with Crippen LogP contribution < -0.4 is 14.9 Å². The van der Waals surface area contributed by atoms with Gasteiger partial charge in [0.1, 0.15) is 5.75 Å². The quantitative estimate of drug-likeness (QED) is 0.379. The molecule has 0 aliphatic rings. The lowest BCUT2D eigenvalue weighted by molar-refractivity contribution is -0.385. The van der Waals surface area contributed by atoms with Crippen LogP contribution in [0.3, 0.4) is 0 Å². The number of benzene rings is 2. The third kappa shape index (κ3) is 6.08. The first-order valence-electron chi connectivity index (χ1n) is 9.02. The van der Waals surface area contributed by atoms with E-state index < -0.39 is 10.8 Å². The van der Waals surface area contributed by atoms with Crippen molar-refractivity contribution in [3.63, 3.8) is 0 Å². The number of nitro groups is 1. The summed E-state index contributed by atoms with van der Waals surface area (Å²) in [5, 5.41) is 15.1. The molecule has 8 heteroatoms. The van der Waals surface area contributed by atoms with Crippen LogP contribution in [0.25, 0.3) is 0 Å². The summed E-state index contributed by atoms with van der Waals surface area (Å²) in [6.45, 7) is 4.94. The van der Waals surface area contributed by atoms with Crippen LogP contribution in [-0.2, 0) is 0 Å². The molecule has 0 unspecified atom stereocenters. The van der Waals surface area contributed by atoms with Crippen LogP contribution in [0.4, 0.5) is 5.69 Å². The molecule has 148 valence electrons. The first kappa shape index (κ1) is 20.9. The van der Waals surface area contributed by atoms with Crippen molar-refractivity contribution in [3.8, 4) is 11.5 Å². The maximum absolute atomic E-state index is 12.1. The van der Waals surface area contributed by atoms with Crippen LogP contribution in [0.15, 0.2) is 47.6 Å². The van der Waals surface area contributed by atoms with Gasteiger partial charge in [0.25, 0.3) is 5.91 Å². The third-order valence-corrected chi connectivity index (χ3v) is 3.61. The average Bonchev–Trinajstić information content (AvgIpc) is 2.71. The standard InChI is InChI=1S/C20H23N3O5/c1-3-11-27-17-8-6-16(7-9-17)20(24)22-21-14-15-5-10-19(28-12-4-2)18(13-15)23(25)26/h5-10,13-14H,3-4,11-12H2,1-2H3,(H,22,24)/b21-14+. The Morgan fingerprint density at radius 3 is 2.43 bits per heavy atom. The Balaban J connectivity index is 2.00. The van der Waals surface area contributed by atoms with E-state index in [9.17, 15) is 14.9 Å². The Hall–Kier alpha value is -3.42. The Kier molecular flexibility index (Phi) is 7.95. The maximum Gasteiger partial charge on any atom is 0.311 e. The van der Waals surface area contributed by atoms with Gasteiger partial charge >= 0.3 is 5.69 Å². The number of amides is 1. The lowest BCUT2D eigenvalue weighted by Gasteiger charge is -2.06. The summed E-state index contributed by atoms with van der Waals surface area (Å²) in [4.78, 5) is 22.8. The highest BCUT2D eigenvalue weighted by atomic mass is 16.6. The number of rotatable bonds is 10. The van der Waals surface area contributed by atoms with E-state index in [4.69, 9.17) is 9.47 Å². The van der Waals surface area contributed by atoms with E-state index in [1.54, 1.807) is 30.3 Å². The average molecular weight is 385 g/mol. The molecule has 28 heavy (non-hydrogen) atoms. The van der Waals surface area contributed by atoms with E-state index in [1.807, 2.05) is 13.8 Å². The molecule has 0 atom stereocenters. The highest BCUT2D eigenvalue weighted by Crippen LogP contribution is 2.27. The van der Waals surface area contributed by atoms with Gasteiger partial charge in [0.2, 0.25) is 0 Å². The minimum Gasteiger partial charge on any atom is -0.494 e. The highest BCUT2D eigenvalue weighted by Gasteiger charge is 2.15. The van der Waals surface area contributed by atoms with Gasteiger partial charge in [-0.2, -0.15) is 5.10 Å². The smallest absolute Gasteiger partial charge is 0.311 e. The van der Waals surface area contributed by atoms with Crippen LogP contribution in [-0.4, -0.2) is 30.3 Å². The zero-order valence-corrected chi connectivity index (χ0v) is 15.9. The number of ether oxygens (including phenoxy) is 2. The van der Waals surface area contributed by atoms with Gasteiger partial charge in [-0.3, -0.25) is 14.9 Å². The predicted molar refractivity (Wildman–Crippen MR) is 106 cm³/mol. The Bertz CT molecular complexity index is 834. The molecular weight excluding hydrogens is 362 g/mol. The molecule has 1 N–H and O–H groups in total. The van der Waals surface area contributed by atoms with E-state index in [1.165, 1.54) is 18.3 Å². The molecule has 0 aliphatic carbocycles. The lowest BCUT2D eigenvalue weighted by Crippen LogP contribution is -2.17. The molecular formula is C20H23N3O5. The van der Waals surface area contributed by atoms with Gasteiger partial charge in [-0.05, 0) is 49.2 Å². The van der Waals surface area contributed by atoms with Gasteiger partial charge in [0.15, 0.2) is 5.75 Å². The highest BCUT2D eigenvalue weighted by molar-refractivity contribution is 5.95. The molecule has 2 rings (SSSR count). The Labute approximate surface area is 163 Å². The summed E-state index contributed by atoms with van der Waals surface area (Å²) < 4.78 is 10.8. The molecule has 1 amide bonds. The predicted octanol–water partition coefficient (Wildman–Crippen LogP) is 3.94. The summed E-state index contributed by atoms with van der Waals surface area (Å²) in [5.74, 6) is 0.508. The van der Waals surface area contributed by atoms with Crippen LogP contribution in [0, 0.1) is 10.1 Å². The van der Waals surface area contributed by atoms with Gasteiger partial charge < -0.3 is 9.47 Å². The monoisotopic (exact) mass is 385 g/mol. The maximum atomic E-state index is 12.1. The summed E-state index contributed by atoms with van der Waals surface area (Å²) in [7, 11) is 0. The molecule has 2 aromatic carbocycles. The van der Waals surface area contributed by atoms with Crippen LogP contribution >= 0.6 is 0 Å². The molecule has 0 spiro atoms. The number of carbonyl (C=O) groups is 1. The first-order valence-corrected chi connectivity index (χ1v) is 9.02. The van der Waals surface area contributed by atoms with E-state index >= 15 is 0 Å². The third-order valence-electron chi connectivity index (χ3n) is 3.61. The molecule has 0 fully saturated rings. The summed E-state index contributed by atoms with van der Waals surface area (Å²) in [6.07, 6.45) is 2.99. The van der Waals surface area contributed by atoms with Crippen LogP contribution in [0.1, 0.15) is 42.6 Å². The lowest BCUT2D eigenvalue weighted by atomic mass is 10.2. The number of hydrazone groups is 1. The summed E-state index contributed by atoms with van der Waals surface area (Å²) in [5.41, 5.74) is 3.15. The fourth-order valence-corrected chi connectivity index (χ4v) is 2.24. The van der Waals surface area contributed by atoms with Crippen molar-refractivity contribution in [1.29, 1.82) is 0 Å². The Morgan fingerprint density at radius 2 is 1.79 bits per heavy atom. The minimum absolute atomic E-state index is 0.147. The minimum atomic E-state index is -0.511. The second-order valence-electron chi connectivity index (χ2n) is 5.90. The molecule has 0 bridgehead atoms. The van der Waals surface area contributed by atoms with E-state index in [0.29, 0.717) is 30.1 Å². The van der Waals surface area contributed by atoms with Gasteiger partial charge in [-0.25, -0.2) is 5.43 Å². The van der Waals surface area contributed by atoms with E-state index in [0.717, 1.165) is 12.8 Å². The van der Waals surface area contributed by atoms with Gasteiger partial charge in [-0.1, -0.05) is 13.8 Å². The number of nitrogens with one attached hydrogen (secondary N) is 1. The van der Waals surface area contributed by atoms with Crippen molar-refractivity contribution in [1.82, 2.24) is 5.43 Å². The van der Waals surface area contributed by atoms with Crippen LogP contribution in [0.2, 0.25) is 0 Å². The Morgan fingerprint density at radius 1 is 1.11 bits per heavy atom. The fourth-order valence-electron chi connectivity index (χ4n) is 2.24. The largest absolute Gasteiger partial charge is 0.494 e. The second-order valence-corrected chi connectivity index (χ2v) is 5.90. The number of carbonyl (C=O) groups excluding carboxylic acids is 1. The van der Waals surface area contributed by atoms with E-state index in [-0.39, 0.29) is 11.4 Å². The number of nitro benzene ring substituents is 1. The molecule has 8 nitrogen and oxygen atoms in total. The molecule has 0 radical (unpaired) electrons.